The quantitative estimate of drug-likeness (QED) is 0.189. The van der Waals surface area contributed by atoms with Crippen LogP contribution in [0.5, 0.6) is 0 Å². The standard InChI is InChI=1S/C18H36.2Na/c1-3-5-7-9-11-13-15-17-18-16-14-12-10-8-6-4-2;;/h3H,1,4-18H2,2H3;;. The molecule has 0 unspecified atom stereocenters. The summed E-state index contributed by atoms with van der Waals surface area (Å²) in [5.41, 5.74) is 0. The fraction of sp³-hybridized carbons (Fsp3) is 0.889. The van der Waals surface area contributed by atoms with Crippen LogP contribution in [0, 0.1) is 0 Å². The van der Waals surface area contributed by atoms with Crippen molar-refractivity contribution < 1.29 is 0 Å². The van der Waals surface area contributed by atoms with Crippen molar-refractivity contribution >= 4 is 59.1 Å². The Kier molecular flexibility index (Phi) is 34.2. The second kappa shape index (κ2) is 25.7. The van der Waals surface area contributed by atoms with Gasteiger partial charge in [-0.2, -0.15) is 0 Å². The first-order chi connectivity index (χ1) is 8.91. The van der Waals surface area contributed by atoms with Crippen molar-refractivity contribution in [1.29, 1.82) is 0 Å². The third-order valence-corrected chi connectivity index (χ3v) is 3.76. The van der Waals surface area contributed by atoms with Crippen molar-refractivity contribution in [2.24, 2.45) is 0 Å². The first-order valence-corrected chi connectivity index (χ1v) is 8.52. The number of hydrogen-bond acceptors (Lipinski definition) is 0. The Morgan fingerprint density at radius 3 is 1.15 bits per heavy atom. The fourth-order valence-electron chi connectivity index (χ4n) is 2.48. The van der Waals surface area contributed by atoms with Crippen LogP contribution in [0.1, 0.15) is 103 Å². The molecule has 0 aromatic heterocycles. The summed E-state index contributed by atoms with van der Waals surface area (Å²) in [5.74, 6) is 0. The molecular formula is C18H36Na2. The molecular weight excluding hydrogens is 262 g/mol. The van der Waals surface area contributed by atoms with Gasteiger partial charge in [0, 0.05) is 59.1 Å². The molecule has 0 fully saturated rings. The summed E-state index contributed by atoms with van der Waals surface area (Å²) in [6.07, 6.45) is 23.5. The van der Waals surface area contributed by atoms with E-state index in [1.807, 2.05) is 6.08 Å². The van der Waals surface area contributed by atoms with Crippen LogP contribution < -0.4 is 0 Å². The predicted molar refractivity (Wildman–Crippen MR) is 96.6 cm³/mol. The maximum Gasteiger partial charge on any atom is 0 e. The summed E-state index contributed by atoms with van der Waals surface area (Å²) in [6.45, 7) is 6.05. The van der Waals surface area contributed by atoms with Gasteiger partial charge < -0.3 is 0 Å². The van der Waals surface area contributed by atoms with Crippen LogP contribution in [0.25, 0.3) is 0 Å². The van der Waals surface area contributed by atoms with Crippen LogP contribution in [-0.4, -0.2) is 59.1 Å². The third kappa shape index (κ3) is 24.7. The Morgan fingerprint density at radius 1 is 0.550 bits per heavy atom. The maximum atomic E-state index is 3.76. The minimum atomic E-state index is 0. The molecule has 0 spiro atoms. The average Bonchev–Trinajstić information content (AvgIpc) is 2.39. The Hall–Kier alpha value is 1.74. The van der Waals surface area contributed by atoms with Crippen molar-refractivity contribution in [3.63, 3.8) is 0 Å². The van der Waals surface area contributed by atoms with Gasteiger partial charge in [-0.25, -0.2) is 0 Å². The van der Waals surface area contributed by atoms with E-state index in [1.54, 1.807) is 0 Å². The topological polar surface area (TPSA) is 0 Å². The second-order valence-corrected chi connectivity index (χ2v) is 5.67. The first kappa shape index (κ1) is 26.6. The summed E-state index contributed by atoms with van der Waals surface area (Å²) in [7, 11) is 0. The average molecular weight is 298 g/mol. The molecule has 0 bridgehead atoms. The molecule has 0 N–H and O–H groups in total. The van der Waals surface area contributed by atoms with Crippen molar-refractivity contribution in [2.75, 3.05) is 0 Å². The molecule has 0 saturated heterocycles. The van der Waals surface area contributed by atoms with E-state index in [-0.39, 0.29) is 59.1 Å². The predicted octanol–water partition coefficient (Wildman–Crippen LogP) is 6.28. The van der Waals surface area contributed by atoms with E-state index in [0.29, 0.717) is 0 Å². The molecule has 2 radical (unpaired) electrons. The van der Waals surface area contributed by atoms with Gasteiger partial charge in [-0.15, -0.1) is 6.58 Å². The third-order valence-electron chi connectivity index (χ3n) is 3.76. The van der Waals surface area contributed by atoms with Crippen LogP contribution in [0.3, 0.4) is 0 Å². The number of hydrogen-bond donors (Lipinski definition) is 0. The minimum absolute atomic E-state index is 0. The number of allylic oxidation sites excluding steroid dienone is 1. The molecule has 0 aliphatic heterocycles. The van der Waals surface area contributed by atoms with Gasteiger partial charge >= 0.3 is 0 Å². The molecule has 20 heavy (non-hydrogen) atoms. The van der Waals surface area contributed by atoms with E-state index >= 15 is 0 Å². The second-order valence-electron chi connectivity index (χ2n) is 5.67. The van der Waals surface area contributed by atoms with Crippen molar-refractivity contribution in [2.45, 2.75) is 103 Å². The smallest absolute Gasteiger partial charge is 0 e. The van der Waals surface area contributed by atoms with E-state index in [1.165, 1.54) is 96.3 Å². The van der Waals surface area contributed by atoms with Crippen LogP contribution >= 0.6 is 0 Å². The summed E-state index contributed by atoms with van der Waals surface area (Å²) in [4.78, 5) is 0. The van der Waals surface area contributed by atoms with Crippen molar-refractivity contribution in [3.8, 4) is 0 Å². The number of rotatable bonds is 15. The van der Waals surface area contributed by atoms with Gasteiger partial charge in [0.05, 0.1) is 0 Å². The molecule has 0 atom stereocenters. The summed E-state index contributed by atoms with van der Waals surface area (Å²) < 4.78 is 0. The molecule has 0 aliphatic rings. The number of unbranched alkanes of at least 4 members (excludes halogenated alkanes) is 14. The van der Waals surface area contributed by atoms with Gasteiger partial charge in [0.25, 0.3) is 0 Å². The van der Waals surface area contributed by atoms with E-state index < -0.39 is 0 Å². The Labute approximate surface area is 173 Å². The molecule has 0 heterocycles. The largest absolute Gasteiger partial charge is 0.103 e. The monoisotopic (exact) mass is 298 g/mol. The van der Waals surface area contributed by atoms with Gasteiger partial charge in [0.2, 0.25) is 0 Å². The normalized spacial score (nSPS) is 9.65. The molecule has 0 rings (SSSR count). The van der Waals surface area contributed by atoms with Crippen LogP contribution in [0.2, 0.25) is 0 Å². The van der Waals surface area contributed by atoms with E-state index in [2.05, 4.69) is 13.5 Å². The Bertz CT molecular complexity index is 157. The summed E-state index contributed by atoms with van der Waals surface area (Å²) in [5, 5.41) is 0. The molecule has 0 nitrogen and oxygen atoms in total. The summed E-state index contributed by atoms with van der Waals surface area (Å²) in [6, 6.07) is 0. The molecule has 0 aromatic carbocycles. The van der Waals surface area contributed by atoms with Crippen LogP contribution in [0.4, 0.5) is 0 Å². The van der Waals surface area contributed by atoms with Gasteiger partial charge in [-0.3, -0.25) is 0 Å². The van der Waals surface area contributed by atoms with E-state index in [9.17, 15) is 0 Å². The van der Waals surface area contributed by atoms with Crippen LogP contribution in [-0.2, 0) is 0 Å². The minimum Gasteiger partial charge on any atom is -0.103 e. The van der Waals surface area contributed by atoms with Gasteiger partial charge in [0.1, 0.15) is 0 Å². The zero-order chi connectivity index (χ0) is 13.3. The first-order valence-electron chi connectivity index (χ1n) is 8.52. The van der Waals surface area contributed by atoms with E-state index in [4.69, 9.17) is 0 Å². The summed E-state index contributed by atoms with van der Waals surface area (Å²) >= 11 is 0. The molecule has 0 saturated carbocycles. The van der Waals surface area contributed by atoms with Gasteiger partial charge in [-0.05, 0) is 12.8 Å². The zero-order valence-electron chi connectivity index (χ0n) is 14.9. The molecule has 0 amide bonds. The fourth-order valence-corrected chi connectivity index (χ4v) is 2.48. The van der Waals surface area contributed by atoms with E-state index in [0.717, 1.165) is 0 Å². The van der Waals surface area contributed by atoms with Gasteiger partial charge in [-0.1, -0.05) is 96.5 Å². The Balaban J connectivity index is -0.00000144. The Morgan fingerprint density at radius 2 is 0.850 bits per heavy atom. The zero-order valence-corrected chi connectivity index (χ0v) is 18.9. The maximum absolute atomic E-state index is 3.76. The van der Waals surface area contributed by atoms with Gasteiger partial charge in [0.15, 0.2) is 0 Å². The van der Waals surface area contributed by atoms with Crippen molar-refractivity contribution in [3.05, 3.63) is 12.7 Å². The molecule has 2 heteroatoms. The SMILES string of the molecule is C=CCCCCCCCCCCCCCCCC.[Na].[Na]. The van der Waals surface area contributed by atoms with Crippen molar-refractivity contribution in [1.82, 2.24) is 0 Å². The molecule has 0 aromatic rings. The molecule has 0 aliphatic carbocycles. The van der Waals surface area contributed by atoms with Crippen LogP contribution in [0.15, 0.2) is 12.7 Å². The molecule has 110 valence electrons.